The molecule has 0 bridgehead atoms. The Balaban J connectivity index is 1.56. The summed E-state index contributed by atoms with van der Waals surface area (Å²) >= 11 is 12.6. The molecule has 1 aliphatic heterocycles. The fourth-order valence-electron chi connectivity index (χ4n) is 3.30. The van der Waals surface area contributed by atoms with Crippen LogP contribution in [0.4, 0.5) is 4.79 Å². The van der Waals surface area contributed by atoms with E-state index in [9.17, 15) is 18.0 Å². The number of hydrogen-bond acceptors (Lipinski definition) is 8. The van der Waals surface area contributed by atoms with Gasteiger partial charge in [-0.3, -0.25) is 14.5 Å². The van der Waals surface area contributed by atoms with E-state index in [1.54, 1.807) is 36.4 Å². The fraction of sp³-hybridized carbons (Fsp3) is 0.120. The molecule has 4 rings (SSSR count). The molecule has 0 N–H and O–H groups in total. The number of carbonyl (C=O) groups is 2. The van der Waals surface area contributed by atoms with Crippen LogP contribution in [0.25, 0.3) is 6.08 Å². The lowest BCUT2D eigenvalue weighted by molar-refractivity contribution is -0.123. The third-order valence-corrected chi connectivity index (χ3v) is 7.80. The number of ether oxygens (including phenoxy) is 2. The number of nitrogens with zero attached hydrogens (tertiary/aromatic N) is 1. The first-order valence-electron chi connectivity index (χ1n) is 10.7. The standard InChI is InChI=1S/C25H19Cl2NO7S2/c1-33-21-8-4-5-16(23(21)35-37(31,32)18-11-9-17(26)10-12-18)15-22-24(29)28(25(30)36-22)13-14-34-20-7-3-2-6-19(20)27/h2-12,15H,13-14H2,1H3/b22-15-. The molecular formula is C25H19Cl2NO7S2. The Morgan fingerprint density at radius 3 is 2.35 bits per heavy atom. The lowest BCUT2D eigenvalue weighted by Crippen LogP contribution is -2.32. The van der Waals surface area contributed by atoms with Gasteiger partial charge in [-0.05, 0) is 60.3 Å². The highest BCUT2D eigenvalue weighted by atomic mass is 35.5. The lowest BCUT2D eigenvalue weighted by atomic mass is 10.1. The topological polar surface area (TPSA) is 99.2 Å². The molecule has 1 saturated heterocycles. The number of methoxy groups -OCH3 is 1. The molecule has 8 nitrogen and oxygen atoms in total. The Bertz CT molecular complexity index is 1470. The molecule has 0 aromatic heterocycles. The Kier molecular flexibility index (Phi) is 8.33. The Morgan fingerprint density at radius 1 is 0.946 bits per heavy atom. The van der Waals surface area contributed by atoms with Crippen LogP contribution in [0.1, 0.15) is 5.56 Å². The molecule has 0 saturated carbocycles. The van der Waals surface area contributed by atoms with Crippen LogP contribution in [0.15, 0.2) is 76.5 Å². The molecule has 1 aliphatic rings. The normalized spacial score (nSPS) is 14.8. The first-order chi connectivity index (χ1) is 17.7. The summed E-state index contributed by atoms with van der Waals surface area (Å²) in [7, 11) is -2.91. The van der Waals surface area contributed by atoms with Gasteiger partial charge >= 0.3 is 10.1 Å². The van der Waals surface area contributed by atoms with Crippen LogP contribution >= 0.6 is 35.0 Å². The van der Waals surface area contributed by atoms with Crippen molar-refractivity contribution in [1.82, 2.24) is 4.90 Å². The molecule has 37 heavy (non-hydrogen) atoms. The number of halogens is 2. The van der Waals surface area contributed by atoms with Crippen molar-refractivity contribution in [3.8, 4) is 17.2 Å². The van der Waals surface area contributed by atoms with Crippen molar-refractivity contribution >= 4 is 62.3 Å². The largest absolute Gasteiger partial charge is 0.493 e. The second-order valence-corrected chi connectivity index (χ2v) is 10.9. The summed E-state index contributed by atoms with van der Waals surface area (Å²) in [5.74, 6) is -0.119. The predicted molar refractivity (Wildman–Crippen MR) is 142 cm³/mol. The number of amides is 2. The summed E-state index contributed by atoms with van der Waals surface area (Å²) in [6.45, 7) is 0.0432. The van der Waals surface area contributed by atoms with Crippen LogP contribution < -0.4 is 13.7 Å². The van der Waals surface area contributed by atoms with Gasteiger partial charge in [0.1, 0.15) is 17.3 Å². The maximum absolute atomic E-state index is 13.0. The second-order valence-electron chi connectivity index (χ2n) is 7.48. The number of benzene rings is 3. The van der Waals surface area contributed by atoms with Crippen LogP contribution in [0.2, 0.25) is 10.0 Å². The molecule has 0 unspecified atom stereocenters. The number of para-hydroxylation sites is 2. The number of carbonyl (C=O) groups excluding carboxylic acids is 2. The summed E-state index contributed by atoms with van der Waals surface area (Å²) in [5, 5.41) is 0.290. The highest BCUT2D eigenvalue weighted by Gasteiger charge is 2.35. The van der Waals surface area contributed by atoms with E-state index in [1.165, 1.54) is 43.5 Å². The van der Waals surface area contributed by atoms with Crippen LogP contribution in [0.3, 0.4) is 0 Å². The van der Waals surface area contributed by atoms with E-state index in [-0.39, 0.29) is 40.0 Å². The molecule has 0 spiro atoms. The van der Waals surface area contributed by atoms with Crippen LogP contribution in [0.5, 0.6) is 17.2 Å². The van der Waals surface area contributed by atoms with Gasteiger partial charge in [-0.1, -0.05) is 47.5 Å². The van der Waals surface area contributed by atoms with Gasteiger partial charge < -0.3 is 13.7 Å². The van der Waals surface area contributed by atoms with E-state index >= 15 is 0 Å². The van der Waals surface area contributed by atoms with Crippen molar-refractivity contribution in [3.63, 3.8) is 0 Å². The molecule has 0 radical (unpaired) electrons. The lowest BCUT2D eigenvalue weighted by Gasteiger charge is -2.14. The number of thioether (sulfide) groups is 1. The monoisotopic (exact) mass is 579 g/mol. The molecular weight excluding hydrogens is 561 g/mol. The average molecular weight is 580 g/mol. The molecule has 2 amide bonds. The van der Waals surface area contributed by atoms with E-state index in [0.717, 1.165) is 16.7 Å². The van der Waals surface area contributed by atoms with Crippen LogP contribution in [-0.4, -0.2) is 44.7 Å². The Labute approximate surface area is 227 Å². The quantitative estimate of drug-likeness (QED) is 0.229. The smallest absolute Gasteiger partial charge is 0.339 e. The summed E-state index contributed by atoms with van der Waals surface area (Å²) in [6, 6.07) is 17.0. The summed E-state index contributed by atoms with van der Waals surface area (Å²) in [6.07, 6.45) is 1.38. The third-order valence-electron chi connectivity index (χ3n) is 5.09. The zero-order valence-corrected chi connectivity index (χ0v) is 22.4. The highest BCUT2D eigenvalue weighted by molar-refractivity contribution is 8.18. The summed E-state index contributed by atoms with van der Waals surface area (Å²) < 4.78 is 42.1. The average Bonchev–Trinajstić information content (AvgIpc) is 3.13. The molecule has 192 valence electrons. The van der Waals surface area contributed by atoms with E-state index in [0.29, 0.717) is 15.8 Å². The molecule has 0 aliphatic carbocycles. The molecule has 1 heterocycles. The van der Waals surface area contributed by atoms with Crippen LogP contribution in [0, 0.1) is 0 Å². The Morgan fingerprint density at radius 2 is 1.65 bits per heavy atom. The fourth-order valence-corrected chi connectivity index (χ4v) is 5.43. The minimum atomic E-state index is -4.26. The molecule has 0 atom stereocenters. The maximum Gasteiger partial charge on any atom is 0.339 e. The van der Waals surface area contributed by atoms with Gasteiger partial charge in [0, 0.05) is 10.6 Å². The minimum absolute atomic E-state index is 0.000353. The Hall–Kier alpha value is -3.18. The van der Waals surface area contributed by atoms with E-state index in [4.69, 9.17) is 36.9 Å². The predicted octanol–water partition coefficient (Wildman–Crippen LogP) is 5.89. The maximum atomic E-state index is 13.0. The SMILES string of the molecule is COc1cccc(/C=C2\SC(=O)N(CCOc3ccccc3Cl)C2=O)c1OS(=O)(=O)c1ccc(Cl)cc1. The van der Waals surface area contributed by atoms with Crippen molar-refractivity contribution in [1.29, 1.82) is 0 Å². The van der Waals surface area contributed by atoms with Gasteiger partial charge in [0.15, 0.2) is 11.5 Å². The van der Waals surface area contributed by atoms with Crippen molar-refractivity contribution < 1.29 is 31.7 Å². The molecule has 12 heteroatoms. The van der Waals surface area contributed by atoms with E-state index < -0.39 is 21.3 Å². The summed E-state index contributed by atoms with van der Waals surface area (Å²) in [4.78, 5) is 26.5. The number of rotatable bonds is 9. The zero-order valence-electron chi connectivity index (χ0n) is 19.2. The summed E-state index contributed by atoms with van der Waals surface area (Å²) in [5.41, 5.74) is 0.231. The first kappa shape index (κ1) is 26.9. The minimum Gasteiger partial charge on any atom is -0.493 e. The van der Waals surface area contributed by atoms with Crippen molar-refractivity contribution in [2.75, 3.05) is 20.3 Å². The van der Waals surface area contributed by atoms with E-state index in [2.05, 4.69) is 0 Å². The van der Waals surface area contributed by atoms with Crippen molar-refractivity contribution in [3.05, 3.63) is 87.2 Å². The second kappa shape index (κ2) is 11.5. The molecule has 3 aromatic carbocycles. The number of imide groups is 1. The van der Waals surface area contributed by atoms with Gasteiger partial charge in [0.25, 0.3) is 11.1 Å². The molecule has 1 fully saturated rings. The van der Waals surface area contributed by atoms with Crippen molar-refractivity contribution in [2.24, 2.45) is 0 Å². The van der Waals surface area contributed by atoms with Gasteiger partial charge in [0.2, 0.25) is 0 Å². The number of hydrogen-bond donors (Lipinski definition) is 0. The molecule has 3 aromatic rings. The van der Waals surface area contributed by atoms with Gasteiger partial charge in [-0.15, -0.1) is 0 Å². The van der Waals surface area contributed by atoms with Gasteiger partial charge in [-0.2, -0.15) is 8.42 Å². The van der Waals surface area contributed by atoms with Gasteiger partial charge in [-0.25, -0.2) is 0 Å². The first-order valence-corrected chi connectivity index (χ1v) is 13.7. The van der Waals surface area contributed by atoms with E-state index in [1.807, 2.05) is 0 Å². The third kappa shape index (κ3) is 6.22. The van der Waals surface area contributed by atoms with Crippen molar-refractivity contribution in [2.45, 2.75) is 4.90 Å². The van der Waals surface area contributed by atoms with Gasteiger partial charge in [0.05, 0.1) is 23.6 Å². The van der Waals surface area contributed by atoms with Crippen LogP contribution in [-0.2, 0) is 14.9 Å². The zero-order chi connectivity index (χ0) is 26.6. The highest BCUT2D eigenvalue weighted by Crippen LogP contribution is 2.38.